The van der Waals surface area contributed by atoms with Gasteiger partial charge in [-0.15, -0.1) is 0 Å². The zero-order valence-corrected chi connectivity index (χ0v) is 12.1. The van der Waals surface area contributed by atoms with Crippen LogP contribution in [0.2, 0.25) is 0 Å². The van der Waals surface area contributed by atoms with Crippen LogP contribution in [0.25, 0.3) is 0 Å². The van der Waals surface area contributed by atoms with Crippen molar-refractivity contribution < 1.29 is 4.74 Å². The van der Waals surface area contributed by atoms with Crippen LogP contribution in [0.1, 0.15) is 24.0 Å². The summed E-state index contributed by atoms with van der Waals surface area (Å²) in [6, 6.07) is 16.9. The summed E-state index contributed by atoms with van der Waals surface area (Å²) in [5.41, 5.74) is 1.90. The van der Waals surface area contributed by atoms with Crippen molar-refractivity contribution in [2.24, 2.45) is 0 Å². The number of ether oxygens (including phenoxy) is 1. The molecule has 22 heavy (non-hydrogen) atoms. The van der Waals surface area contributed by atoms with Gasteiger partial charge in [0.2, 0.25) is 0 Å². The molecule has 1 fully saturated rings. The summed E-state index contributed by atoms with van der Waals surface area (Å²) >= 11 is 0. The number of nitrogens with zero attached hydrogens (tertiary/aromatic N) is 3. The lowest BCUT2D eigenvalue weighted by molar-refractivity contribution is 0.482. The van der Waals surface area contributed by atoms with Crippen molar-refractivity contribution in [3.63, 3.8) is 0 Å². The van der Waals surface area contributed by atoms with Crippen LogP contribution >= 0.6 is 0 Å². The van der Waals surface area contributed by atoms with E-state index in [9.17, 15) is 0 Å². The molecule has 0 bridgehead atoms. The Morgan fingerprint density at radius 1 is 0.818 bits per heavy atom. The SMILES string of the molecule is N#Cc1ccc(Oc2ccc(N3CCCC3)cc2)cc1C#N. The average Bonchev–Trinajstić information content (AvgIpc) is 3.10. The molecule has 0 spiro atoms. The molecule has 2 aromatic carbocycles. The Labute approximate surface area is 129 Å². The third-order valence-electron chi connectivity index (χ3n) is 3.78. The van der Waals surface area contributed by atoms with Crippen molar-refractivity contribution in [2.75, 3.05) is 18.0 Å². The van der Waals surface area contributed by atoms with Crippen molar-refractivity contribution in [3.8, 4) is 23.6 Å². The van der Waals surface area contributed by atoms with Gasteiger partial charge in [0.15, 0.2) is 0 Å². The molecule has 1 aliphatic heterocycles. The van der Waals surface area contributed by atoms with Crippen molar-refractivity contribution in [3.05, 3.63) is 53.6 Å². The summed E-state index contributed by atoms with van der Waals surface area (Å²) in [7, 11) is 0. The van der Waals surface area contributed by atoms with Crippen molar-refractivity contribution in [1.82, 2.24) is 0 Å². The molecule has 4 nitrogen and oxygen atoms in total. The molecular formula is C18H15N3O. The molecule has 0 amide bonds. The maximum atomic E-state index is 9.04. The maximum absolute atomic E-state index is 9.04. The molecular weight excluding hydrogens is 274 g/mol. The molecule has 4 heteroatoms. The predicted molar refractivity (Wildman–Crippen MR) is 83.8 cm³/mol. The average molecular weight is 289 g/mol. The summed E-state index contributed by atoms with van der Waals surface area (Å²) in [5.74, 6) is 1.28. The van der Waals surface area contributed by atoms with Crippen LogP contribution in [0.3, 0.4) is 0 Å². The number of hydrogen-bond donors (Lipinski definition) is 0. The van der Waals surface area contributed by atoms with Gasteiger partial charge in [0, 0.05) is 18.8 Å². The van der Waals surface area contributed by atoms with Crippen LogP contribution < -0.4 is 9.64 Å². The zero-order valence-electron chi connectivity index (χ0n) is 12.1. The molecule has 0 unspecified atom stereocenters. The van der Waals surface area contributed by atoms with Gasteiger partial charge in [-0.2, -0.15) is 10.5 Å². The van der Waals surface area contributed by atoms with Gasteiger partial charge in [-0.05, 0) is 55.3 Å². The molecule has 1 aliphatic rings. The summed E-state index contributed by atoms with van der Waals surface area (Å²) < 4.78 is 5.76. The largest absolute Gasteiger partial charge is 0.457 e. The van der Waals surface area contributed by atoms with Crippen LogP contribution in [0.5, 0.6) is 11.5 Å². The van der Waals surface area contributed by atoms with Gasteiger partial charge >= 0.3 is 0 Å². The molecule has 0 radical (unpaired) electrons. The van der Waals surface area contributed by atoms with E-state index in [-0.39, 0.29) is 0 Å². The zero-order chi connectivity index (χ0) is 15.4. The Morgan fingerprint density at radius 3 is 2.09 bits per heavy atom. The van der Waals surface area contributed by atoms with Crippen LogP contribution in [-0.4, -0.2) is 13.1 Å². The first kappa shape index (κ1) is 14.0. The highest BCUT2D eigenvalue weighted by molar-refractivity contribution is 5.52. The Bertz CT molecular complexity index is 747. The van der Waals surface area contributed by atoms with E-state index in [1.54, 1.807) is 18.2 Å². The second kappa shape index (κ2) is 6.20. The maximum Gasteiger partial charge on any atom is 0.128 e. The van der Waals surface area contributed by atoms with E-state index < -0.39 is 0 Å². The van der Waals surface area contributed by atoms with Gasteiger partial charge < -0.3 is 9.64 Å². The fraction of sp³-hybridized carbons (Fsp3) is 0.222. The number of rotatable bonds is 3. The Hall–Kier alpha value is -2.98. The van der Waals surface area contributed by atoms with Crippen LogP contribution in [0.4, 0.5) is 5.69 Å². The van der Waals surface area contributed by atoms with Gasteiger partial charge in [0.25, 0.3) is 0 Å². The number of nitriles is 2. The second-order valence-electron chi connectivity index (χ2n) is 5.22. The highest BCUT2D eigenvalue weighted by atomic mass is 16.5. The minimum Gasteiger partial charge on any atom is -0.457 e. The molecule has 0 aliphatic carbocycles. The molecule has 0 atom stereocenters. The van der Waals surface area contributed by atoms with E-state index in [1.807, 2.05) is 24.3 Å². The molecule has 1 heterocycles. The van der Waals surface area contributed by atoms with E-state index in [4.69, 9.17) is 15.3 Å². The van der Waals surface area contributed by atoms with Gasteiger partial charge in [-0.3, -0.25) is 0 Å². The molecule has 0 N–H and O–H groups in total. The van der Waals surface area contributed by atoms with Crippen LogP contribution in [0.15, 0.2) is 42.5 Å². The van der Waals surface area contributed by atoms with Gasteiger partial charge in [0.1, 0.15) is 23.6 Å². The summed E-state index contributed by atoms with van der Waals surface area (Å²) in [4.78, 5) is 2.36. The Balaban J connectivity index is 1.76. The number of benzene rings is 2. The molecule has 2 aromatic rings. The monoisotopic (exact) mass is 289 g/mol. The fourth-order valence-corrected chi connectivity index (χ4v) is 2.61. The minimum atomic E-state index is 0.327. The summed E-state index contributed by atoms with van der Waals surface area (Å²) in [5, 5.41) is 18.0. The first-order valence-electron chi connectivity index (χ1n) is 7.27. The lowest BCUT2D eigenvalue weighted by Gasteiger charge is -2.17. The Morgan fingerprint density at radius 2 is 1.45 bits per heavy atom. The van der Waals surface area contributed by atoms with Gasteiger partial charge in [-0.1, -0.05) is 0 Å². The lowest BCUT2D eigenvalue weighted by atomic mass is 10.1. The first-order chi connectivity index (χ1) is 10.8. The highest BCUT2D eigenvalue weighted by Gasteiger charge is 2.12. The van der Waals surface area contributed by atoms with Gasteiger partial charge in [-0.25, -0.2) is 0 Å². The standard InChI is InChI=1S/C18H15N3O/c19-12-14-3-6-18(11-15(14)13-20)22-17-7-4-16(5-8-17)21-9-1-2-10-21/h3-8,11H,1-2,9-10H2. The topological polar surface area (TPSA) is 60.0 Å². The van der Waals surface area contributed by atoms with E-state index in [1.165, 1.54) is 18.5 Å². The van der Waals surface area contributed by atoms with E-state index >= 15 is 0 Å². The quantitative estimate of drug-likeness (QED) is 0.861. The third-order valence-corrected chi connectivity index (χ3v) is 3.78. The Kier molecular flexibility index (Phi) is 3.94. The molecule has 0 aromatic heterocycles. The molecule has 0 saturated carbocycles. The van der Waals surface area contributed by atoms with E-state index in [0.29, 0.717) is 16.9 Å². The number of anilines is 1. The molecule has 108 valence electrons. The number of hydrogen-bond acceptors (Lipinski definition) is 4. The molecule has 1 saturated heterocycles. The lowest BCUT2D eigenvalue weighted by Crippen LogP contribution is -2.17. The second-order valence-corrected chi connectivity index (χ2v) is 5.22. The molecule has 3 rings (SSSR count). The smallest absolute Gasteiger partial charge is 0.128 e. The third kappa shape index (κ3) is 2.87. The summed E-state index contributed by atoms with van der Waals surface area (Å²) in [6.07, 6.45) is 2.50. The van der Waals surface area contributed by atoms with Crippen LogP contribution in [-0.2, 0) is 0 Å². The fourth-order valence-electron chi connectivity index (χ4n) is 2.61. The predicted octanol–water partition coefficient (Wildman–Crippen LogP) is 3.82. The minimum absolute atomic E-state index is 0.327. The van der Waals surface area contributed by atoms with Gasteiger partial charge in [0.05, 0.1) is 11.1 Å². The van der Waals surface area contributed by atoms with E-state index in [0.717, 1.165) is 18.8 Å². The van der Waals surface area contributed by atoms with Crippen LogP contribution in [0, 0.1) is 22.7 Å². The first-order valence-corrected chi connectivity index (χ1v) is 7.27. The normalized spacial score (nSPS) is 13.5. The highest BCUT2D eigenvalue weighted by Crippen LogP contribution is 2.27. The van der Waals surface area contributed by atoms with E-state index in [2.05, 4.69) is 17.0 Å². The van der Waals surface area contributed by atoms with Crippen molar-refractivity contribution in [1.29, 1.82) is 10.5 Å². The van der Waals surface area contributed by atoms with Crippen molar-refractivity contribution >= 4 is 5.69 Å². The summed E-state index contributed by atoms with van der Waals surface area (Å²) in [6.45, 7) is 2.22. The van der Waals surface area contributed by atoms with Crippen molar-refractivity contribution in [2.45, 2.75) is 12.8 Å².